The maximum Gasteiger partial charge on any atom is 0.339 e. The summed E-state index contributed by atoms with van der Waals surface area (Å²) >= 11 is 0. The van der Waals surface area contributed by atoms with Gasteiger partial charge in [0.15, 0.2) is 0 Å². The number of amides is 1. The number of rotatable bonds is 5. The van der Waals surface area contributed by atoms with Gasteiger partial charge in [-0.3, -0.25) is 4.79 Å². The molecule has 7 nitrogen and oxygen atoms in total. The fourth-order valence-corrected chi connectivity index (χ4v) is 1.75. The number of methoxy groups -OCH3 is 1. The number of aryl methyl sites for hydroxylation is 2. The Bertz CT molecular complexity index is 651. The van der Waals surface area contributed by atoms with Crippen LogP contribution in [0.3, 0.4) is 0 Å². The van der Waals surface area contributed by atoms with E-state index in [1.807, 2.05) is 0 Å². The van der Waals surface area contributed by atoms with Gasteiger partial charge in [0.05, 0.1) is 18.4 Å². The molecule has 1 aromatic carbocycles. The third-order valence-electron chi connectivity index (χ3n) is 2.74. The van der Waals surface area contributed by atoms with Crippen molar-refractivity contribution in [1.82, 2.24) is 10.2 Å². The molecule has 0 aliphatic rings. The van der Waals surface area contributed by atoms with Gasteiger partial charge in [-0.1, -0.05) is 12.1 Å². The molecule has 1 amide bonds. The Balaban J connectivity index is 1.98. The number of nitrogens with one attached hydrogen (secondary N) is 1. The molecule has 0 atom stereocenters. The highest BCUT2D eigenvalue weighted by Crippen LogP contribution is 2.16. The third-order valence-corrected chi connectivity index (χ3v) is 2.74. The Morgan fingerprint density at radius 3 is 2.71 bits per heavy atom. The summed E-state index contributed by atoms with van der Waals surface area (Å²) in [6.45, 7) is 1.68. The number of carbonyl (C=O) groups is 2. The first-order valence-corrected chi connectivity index (χ1v) is 6.36. The van der Waals surface area contributed by atoms with E-state index in [1.165, 1.54) is 7.11 Å². The molecule has 0 radical (unpaired) electrons. The zero-order valence-electron chi connectivity index (χ0n) is 11.8. The number of carbonyl (C=O) groups excluding carboxylic acids is 2. The van der Waals surface area contributed by atoms with Crippen molar-refractivity contribution in [3.63, 3.8) is 0 Å². The summed E-state index contributed by atoms with van der Waals surface area (Å²) in [5, 5.41) is 10.2. The minimum Gasteiger partial charge on any atom is -0.465 e. The maximum absolute atomic E-state index is 11.9. The second-order valence-corrected chi connectivity index (χ2v) is 4.30. The number of nitrogens with zero attached hydrogens (tertiary/aromatic N) is 2. The number of aromatic nitrogens is 2. The monoisotopic (exact) mass is 289 g/mol. The normalized spacial score (nSPS) is 10.2. The molecule has 1 heterocycles. The number of esters is 1. The molecule has 110 valence electrons. The van der Waals surface area contributed by atoms with Gasteiger partial charge in [-0.2, -0.15) is 0 Å². The van der Waals surface area contributed by atoms with Gasteiger partial charge >= 0.3 is 5.97 Å². The number of hydrogen-bond donors (Lipinski definition) is 1. The topological polar surface area (TPSA) is 94.3 Å². The van der Waals surface area contributed by atoms with Crippen molar-refractivity contribution in [3.8, 4) is 0 Å². The van der Waals surface area contributed by atoms with Gasteiger partial charge in [-0.25, -0.2) is 4.79 Å². The Morgan fingerprint density at radius 2 is 2.05 bits per heavy atom. The van der Waals surface area contributed by atoms with Gasteiger partial charge in [0, 0.05) is 19.8 Å². The lowest BCUT2D eigenvalue weighted by atomic mass is 10.1. The van der Waals surface area contributed by atoms with Gasteiger partial charge < -0.3 is 14.5 Å². The van der Waals surface area contributed by atoms with Crippen molar-refractivity contribution >= 4 is 17.6 Å². The van der Waals surface area contributed by atoms with E-state index < -0.39 is 5.97 Å². The molecule has 0 aliphatic heterocycles. The minimum absolute atomic E-state index is 0.178. The molecule has 0 saturated carbocycles. The molecule has 0 bridgehead atoms. The summed E-state index contributed by atoms with van der Waals surface area (Å²) in [4.78, 5) is 23.5. The highest BCUT2D eigenvalue weighted by Gasteiger charge is 2.14. The zero-order valence-corrected chi connectivity index (χ0v) is 11.8. The standard InChI is InChI=1S/C14H15N3O4/c1-9-16-17-13(21-9)8-7-12(18)15-11-6-4-3-5-10(11)14(19)20-2/h3-6H,7-8H2,1-2H3,(H,15,18). The van der Waals surface area contributed by atoms with E-state index in [2.05, 4.69) is 20.3 Å². The molecule has 0 fully saturated rings. The number of hydrogen-bond acceptors (Lipinski definition) is 6. The van der Waals surface area contributed by atoms with E-state index in [9.17, 15) is 9.59 Å². The predicted molar refractivity (Wildman–Crippen MR) is 73.8 cm³/mol. The van der Waals surface area contributed by atoms with Crippen LogP contribution in [-0.2, 0) is 16.0 Å². The van der Waals surface area contributed by atoms with E-state index in [0.29, 0.717) is 29.5 Å². The number of anilines is 1. The van der Waals surface area contributed by atoms with E-state index in [0.717, 1.165) is 0 Å². The number of benzene rings is 1. The van der Waals surface area contributed by atoms with Crippen LogP contribution in [-0.4, -0.2) is 29.2 Å². The molecule has 0 unspecified atom stereocenters. The molecule has 0 saturated heterocycles. The highest BCUT2D eigenvalue weighted by atomic mass is 16.5. The van der Waals surface area contributed by atoms with E-state index in [1.54, 1.807) is 31.2 Å². The lowest BCUT2D eigenvalue weighted by molar-refractivity contribution is -0.116. The highest BCUT2D eigenvalue weighted by molar-refractivity contribution is 6.01. The minimum atomic E-state index is -0.501. The lowest BCUT2D eigenvalue weighted by Gasteiger charge is -2.08. The van der Waals surface area contributed by atoms with Crippen LogP contribution in [0.5, 0.6) is 0 Å². The van der Waals surface area contributed by atoms with Crippen molar-refractivity contribution in [2.75, 3.05) is 12.4 Å². The van der Waals surface area contributed by atoms with E-state index >= 15 is 0 Å². The van der Waals surface area contributed by atoms with Gasteiger partial charge in [0.2, 0.25) is 17.7 Å². The Labute approximate surface area is 121 Å². The van der Waals surface area contributed by atoms with Crippen molar-refractivity contribution in [2.24, 2.45) is 0 Å². The maximum atomic E-state index is 11.9. The zero-order chi connectivity index (χ0) is 15.2. The van der Waals surface area contributed by atoms with Gasteiger partial charge in [-0.05, 0) is 12.1 Å². The van der Waals surface area contributed by atoms with Crippen LogP contribution >= 0.6 is 0 Å². The molecule has 21 heavy (non-hydrogen) atoms. The van der Waals surface area contributed by atoms with Crippen LogP contribution in [0.2, 0.25) is 0 Å². The first kappa shape index (κ1) is 14.7. The van der Waals surface area contributed by atoms with Crippen LogP contribution in [0.15, 0.2) is 28.7 Å². The third kappa shape index (κ3) is 3.88. The number of para-hydroxylation sites is 1. The van der Waals surface area contributed by atoms with Gasteiger partial charge in [0.1, 0.15) is 0 Å². The molecule has 1 N–H and O–H groups in total. The molecule has 0 aliphatic carbocycles. The SMILES string of the molecule is COC(=O)c1ccccc1NC(=O)CCc1nnc(C)o1. The molecular formula is C14H15N3O4. The summed E-state index contributed by atoms with van der Waals surface area (Å²) in [6, 6.07) is 6.65. The lowest BCUT2D eigenvalue weighted by Crippen LogP contribution is -2.15. The van der Waals surface area contributed by atoms with Crippen molar-refractivity contribution in [1.29, 1.82) is 0 Å². The first-order valence-electron chi connectivity index (χ1n) is 6.36. The van der Waals surface area contributed by atoms with Crippen molar-refractivity contribution in [2.45, 2.75) is 19.8 Å². The van der Waals surface area contributed by atoms with E-state index in [4.69, 9.17) is 4.42 Å². The summed E-state index contributed by atoms with van der Waals surface area (Å²) in [7, 11) is 1.29. The van der Waals surface area contributed by atoms with Crippen LogP contribution in [0, 0.1) is 6.92 Å². The van der Waals surface area contributed by atoms with Crippen LogP contribution < -0.4 is 5.32 Å². The Hall–Kier alpha value is -2.70. The largest absolute Gasteiger partial charge is 0.465 e. The smallest absolute Gasteiger partial charge is 0.339 e. The van der Waals surface area contributed by atoms with Crippen molar-refractivity contribution < 1.29 is 18.7 Å². The second kappa shape index (κ2) is 6.65. The van der Waals surface area contributed by atoms with Gasteiger partial charge in [0.25, 0.3) is 0 Å². The summed E-state index contributed by atoms with van der Waals surface area (Å²) < 4.78 is 9.85. The fourth-order valence-electron chi connectivity index (χ4n) is 1.75. The molecule has 2 rings (SSSR count). The fraction of sp³-hybridized carbons (Fsp3) is 0.286. The predicted octanol–water partition coefficient (Wildman–Crippen LogP) is 1.74. The average molecular weight is 289 g/mol. The van der Waals surface area contributed by atoms with Crippen LogP contribution in [0.25, 0.3) is 0 Å². The number of ether oxygens (including phenoxy) is 1. The summed E-state index contributed by atoms with van der Waals surface area (Å²) in [5.74, 6) is 0.117. The Kier molecular flexibility index (Phi) is 4.65. The molecular weight excluding hydrogens is 274 g/mol. The molecule has 0 spiro atoms. The first-order chi connectivity index (χ1) is 10.1. The molecule has 1 aromatic heterocycles. The quantitative estimate of drug-likeness (QED) is 0.842. The Morgan fingerprint density at radius 1 is 1.29 bits per heavy atom. The molecule has 2 aromatic rings. The average Bonchev–Trinajstić information content (AvgIpc) is 2.90. The van der Waals surface area contributed by atoms with E-state index in [-0.39, 0.29) is 12.3 Å². The van der Waals surface area contributed by atoms with Crippen LogP contribution in [0.1, 0.15) is 28.6 Å². The van der Waals surface area contributed by atoms with Gasteiger partial charge in [-0.15, -0.1) is 10.2 Å². The molecule has 7 heteroatoms. The summed E-state index contributed by atoms with van der Waals surface area (Å²) in [6.07, 6.45) is 0.518. The van der Waals surface area contributed by atoms with Crippen LogP contribution in [0.4, 0.5) is 5.69 Å². The van der Waals surface area contributed by atoms with Crippen molar-refractivity contribution in [3.05, 3.63) is 41.6 Å². The second-order valence-electron chi connectivity index (χ2n) is 4.30. The summed E-state index contributed by atoms with van der Waals surface area (Å²) in [5.41, 5.74) is 0.720.